The number of hydrogen-bond donors (Lipinski definition) is 0. The van der Waals surface area contributed by atoms with Gasteiger partial charge in [-0.2, -0.15) is 0 Å². The lowest BCUT2D eigenvalue weighted by Crippen LogP contribution is -1.91. The average Bonchev–Trinajstić information content (AvgIpc) is 2.05. The summed E-state index contributed by atoms with van der Waals surface area (Å²) in [6, 6.07) is 1.10. The fraction of sp³-hybridized carbons (Fsp3) is 0.286. The van der Waals surface area contributed by atoms with Gasteiger partial charge in [0.05, 0.1) is 0 Å². The lowest BCUT2D eigenvalue weighted by atomic mass is 10.2. The second-order valence-corrected chi connectivity index (χ2v) is 2.90. The molecule has 12 heavy (non-hydrogen) atoms. The zero-order valence-corrected chi connectivity index (χ0v) is 7.48. The summed E-state index contributed by atoms with van der Waals surface area (Å²) in [4.78, 5) is 3.57. The van der Waals surface area contributed by atoms with Gasteiger partial charge in [-0.3, -0.25) is 0 Å². The van der Waals surface area contributed by atoms with Gasteiger partial charge in [-0.15, -0.1) is 0 Å². The molecule has 0 fully saturated rings. The molecule has 0 aromatic carbocycles. The molecule has 0 aliphatic carbocycles. The van der Waals surface area contributed by atoms with E-state index in [4.69, 9.17) is 0 Å². The van der Waals surface area contributed by atoms with Crippen molar-refractivity contribution >= 4 is 15.9 Å². The summed E-state index contributed by atoms with van der Waals surface area (Å²) >= 11 is 2.94. The third-order valence-electron chi connectivity index (χ3n) is 1.33. The van der Waals surface area contributed by atoms with Crippen molar-refractivity contribution in [3.8, 4) is 0 Å². The van der Waals surface area contributed by atoms with Crippen LogP contribution in [0.5, 0.6) is 0 Å². The summed E-state index contributed by atoms with van der Waals surface area (Å²) in [5, 5.41) is 0. The lowest BCUT2D eigenvalue weighted by Gasteiger charge is -2.02. The van der Waals surface area contributed by atoms with Gasteiger partial charge in [0.2, 0.25) is 0 Å². The summed E-state index contributed by atoms with van der Waals surface area (Å²) in [5.41, 5.74) is -0.112. The molecular weight excluding hydrogens is 235 g/mol. The molecule has 0 saturated heterocycles. The molecule has 0 bridgehead atoms. The van der Waals surface area contributed by atoms with Crippen LogP contribution in [0.2, 0.25) is 0 Å². The van der Waals surface area contributed by atoms with Crippen molar-refractivity contribution in [2.24, 2.45) is 0 Å². The Labute approximate surface area is 75.7 Å². The van der Waals surface area contributed by atoms with Crippen LogP contribution in [0.1, 0.15) is 17.6 Å². The number of pyridine rings is 1. The Morgan fingerprint density at radius 1 is 1.50 bits per heavy atom. The molecule has 1 heterocycles. The molecule has 0 N–H and O–H groups in total. The minimum Gasteiger partial charge on any atom is -0.248 e. The number of aromatic nitrogens is 1. The van der Waals surface area contributed by atoms with Gasteiger partial charge < -0.3 is 0 Å². The maximum atomic E-state index is 12.1. The van der Waals surface area contributed by atoms with Crippen molar-refractivity contribution in [1.82, 2.24) is 4.98 Å². The highest BCUT2D eigenvalue weighted by atomic mass is 79.9. The van der Waals surface area contributed by atoms with Gasteiger partial charge in [0.25, 0.3) is 6.43 Å². The Bertz CT molecular complexity index is 277. The second kappa shape index (κ2) is 3.89. The van der Waals surface area contributed by atoms with E-state index in [1.165, 1.54) is 0 Å². The molecule has 0 radical (unpaired) electrons. The van der Waals surface area contributed by atoms with Gasteiger partial charge in [0.15, 0.2) is 0 Å². The van der Waals surface area contributed by atoms with Crippen molar-refractivity contribution in [1.29, 1.82) is 0 Å². The average molecular weight is 240 g/mol. The third kappa shape index (κ3) is 1.97. The van der Waals surface area contributed by atoms with Crippen molar-refractivity contribution in [3.63, 3.8) is 0 Å². The van der Waals surface area contributed by atoms with E-state index in [-0.39, 0.29) is 15.7 Å². The fourth-order valence-electron chi connectivity index (χ4n) is 0.725. The highest BCUT2D eigenvalue weighted by Crippen LogP contribution is 2.22. The van der Waals surface area contributed by atoms with E-state index in [1.807, 2.05) is 0 Å². The Morgan fingerprint density at radius 3 is 2.67 bits per heavy atom. The first-order chi connectivity index (χ1) is 5.65. The van der Waals surface area contributed by atoms with Gasteiger partial charge in [0.1, 0.15) is 11.3 Å². The van der Waals surface area contributed by atoms with E-state index in [9.17, 15) is 13.2 Å². The predicted octanol–water partition coefficient (Wildman–Crippen LogP) is 3.25. The Balaban J connectivity index is 3.05. The van der Waals surface area contributed by atoms with Crippen LogP contribution in [0, 0.1) is 0 Å². The number of rotatable bonds is 2. The first-order valence-electron chi connectivity index (χ1n) is 3.13. The second-order valence-electron chi connectivity index (χ2n) is 2.15. The van der Waals surface area contributed by atoms with Crippen LogP contribution in [0.4, 0.5) is 13.2 Å². The molecule has 0 spiro atoms. The first kappa shape index (κ1) is 9.51. The highest BCUT2D eigenvalue weighted by Gasteiger charge is 2.10. The summed E-state index contributed by atoms with van der Waals surface area (Å²) in [7, 11) is 0. The largest absolute Gasteiger partial charge is 0.265 e. The van der Waals surface area contributed by atoms with Gasteiger partial charge in [-0.1, -0.05) is 0 Å². The minimum atomic E-state index is -2.60. The van der Waals surface area contributed by atoms with Gasteiger partial charge in [-0.25, -0.2) is 18.2 Å². The minimum absolute atomic E-state index is 0.146. The number of hydrogen-bond acceptors (Lipinski definition) is 1. The zero-order chi connectivity index (χ0) is 9.14. The van der Waals surface area contributed by atoms with E-state index in [2.05, 4.69) is 20.9 Å². The molecule has 1 aromatic heterocycles. The maximum absolute atomic E-state index is 12.1. The molecule has 1 aromatic rings. The van der Waals surface area contributed by atoms with E-state index in [1.54, 1.807) is 0 Å². The third-order valence-corrected chi connectivity index (χ3v) is 2.04. The first-order valence-corrected chi connectivity index (χ1v) is 3.93. The predicted molar refractivity (Wildman–Crippen MR) is 41.7 cm³/mol. The SMILES string of the molecule is FCc1cc(C(F)F)cnc1Br. The fourth-order valence-corrected chi connectivity index (χ4v) is 1.05. The maximum Gasteiger partial charge on any atom is 0.265 e. The quantitative estimate of drug-likeness (QED) is 0.723. The molecule has 0 aliphatic heterocycles. The van der Waals surface area contributed by atoms with E-state index in [0.717, 1.165) is 12.3 Å². The van der Waals surface area contributed by atoms with Crippen LogP contribution in [-0.2, 0) is 6.67 Å². The number of nitrogens with zero attached hydrogens (tertiary/aromatic N) is 1. The smallest absolute Gasteiger partial charge is 0.248 e. The van der Waals surface area contributed by atoms with Crippen molar-refractivity contribution in [2.45, 2.75) is 13.1 Å². The molecule has 0 atom stereocenters. The zero-order valence-electron chi connectivity index (χ0n) is 5.90. The van der Waals surface area contributed by atoms with Crippen molar-refractivity contribution in [2.75, 3.05) is 0 Å². The Hall–Kier alpha value is -0.580. The summed E-state index contributed by atoms with van der Waals surface area (Å²) in [6.07, 6.45) is -1.58. The molecule has 1 rings (SSSR count). The summed E-state index contributed by atoms with van der Waals surface area (Å²) < 4.78 is 36.5. The van der Waals surface area contributed by atoms with Crippen LogP contribution >= 0.6 is 15.9 Å². The van der Waals surface area contributed by atoms with Gasteiger partial charge >= 0.3 is 0 Å². The van der Waals surface area contributed by atoms with Gasteiger partial charge in [0, 0.05) is 17.3 Å². The van der Waals surface area contributed by atoms with Crippen LogP contribution < -0.4 is 0 Å². The lowest BCUT2D eigenvalue weighted by molar-refractivity contribution is 0.150. The highest BCUT2D eigenvalue weighted by molar-refractivity contribution is 9.10. The molecule has 66 valence electrons. The van der Waals surface area contributed by atoms with Crippen molar-refractivity contribution < 1.29 is 13.2 Å². The molecule has 1 nitrogen and oxygen atoms in total. The topological polar surface area (TPSA) is 12.9 Å². The normalized spacial score (nSPS) is 10.8. The van der Waals surface area contributed by atoms with Gasteiger partial charge in [-0.05, 0) is 22.0 Å². The molecule has 0 unspecified atom stereocenters. The van der Waals surface area contributed by atoms with Crippen LogP contribution in [0.15, 0.2) is 16.9 Å². The molecule has 0 amide bonds. The number of alkyl halides is 3. The summed E-state index contributed by atoms with van der Waals surface area (Å²) in [5.74, 6) is 0. The molecular formula is C7H5BrF3N. The standard InChI is InChI=1S/C7H5BrF3N/c8-6-4(2-9)1-5(3-12-6)7(10)11/h1,3,7H,2H2. The number of halogens is 4. The van der Waals surface area contributed by atoms with Crippen LogP contribution in [-0.4, -0.2) is 4.98 Å². The van der Waals surface area contributed by atoms with E-state index < -0.39 is 13.1 Å². The van der Waals surface area contributed by atoms with Crippen LogP contribution in [0.25, 0.3) is 0 Å². The monoisotopic (exact) mass is 239 g/mol. The van der Waals surface area contributed by atoms with Crippen molar-refractivity contribution in [3.05, 3.63) is 28.0 Å². The summed E-state index contributed by atoms with van der Waals surface area (Å²) in [6.45, 7) is -0.797. The molecule has 0 aliphatic rings. The van der Waals surface area contributed by atoms with Crippen LogP contribution in [0.3, 0.4) is 0 Å². The molecule has 5 heteroatoms. The Morgan fingerprint density at radius 2 is 2.17 bits per heavy atom. The van der Waals surface area contributed by atoms with E-state index >= 15 is 0 Å². The molecule has 0 saturated carbocycles. The Kier molecular flexibility index (Phi) is 3.08. The van der Waals surface area contributed by atoms with E-state index in [0.29, 0.717) is 0 Å².